The van der Waals surface area contributed by atoms with Crippen LogP contribution in [0.5, 0.6) is 5.75 Å². The fourth-order valence-electron chi connectivity index (χ4n) is 2.05. The van der Waals surface area contributed by atoms with Crippen molar-refractivity contribution < 1.29 is 14.6 Å². The first-order valence-corrected chi connectivity index (χ1v) is 7.34. The second kappa shape index (κ2) is 8.37. The average Bonchev–Trinajstić information content (AvgIpc) is 2.54. The summed E-state index contributed by atoms with van der Waals surface area (Å²) in [6.07, 6.45) is -0.664. The second-order valence-electron chi connectivity index (χ2n) is 5.30. The van der Waals surface area contributed by atoms with Gasteiger partial charge in [-0.1, -0.05) is 60.7 Å². The average molecular weight is 298 g/mol. The van der Waals surface area contributed by atoms with Crippen LogP contribution in [0.3, 0.4) is 0 Å². The van der Waals surface area contributed by atoms with Crippen LogP contribution in [-0.4, -0.2) is 31.0 Å². The van der Waals surface area contributed by atoms with Gasteiger partial charge in [0.2, 0.25) is 0 Å². The monoisotopic (exact) mass is 298 g/mol. The molecule has 0 bridgehead atoms. The van der Waals surface area contributed by atoms with Crippen molar-refractivity contribution in [3.05, 3.63) is 66.7 Å². The van der Waals surface area contributed by atoms with Gasteiger partial charge in [0.1, 0.15) is 18.5 Å². The lowest BCUT2D eigenvalue weighted by molar-refractivity contribution is 0.0197. The van der Waals surface area contributed by atoms with E-state index < -0.39 is 6.10 Å². The smallest absolute Gasteiger partial charge is 0.127 e. The number of hydrogen-bond acceptors (Lipinski definition) is 3. The first-order chi connectivity index (χ1) is 10.7. The van der Waals surface area contributed by atoms with Gasteiger partial charge in [-0.2, -0.15) is 0 Å². The first-order valence-electron chi connectivity index (χ1n) is 7.34. The molecule has 2 aromatic rings. The van der Waals surface area contributed by atoms with Crippen LogP contribution in [0.2, 0.25) is 0 Å². The lowest BCUT2D eigenvalue weighted by Crippen LogP contribution is -2.24. The van der Waals surface area contributed by atoms with Gasteiger partial charge in [0.25, 0.3) is 0 Å². The zero-order valence-electron chi connectivity index (χ0n) is 12.9. The lowest BCUT2D eigenvalue weighted by atomic mass is 10.1. The minimum absolute atomic E-state index is 0.194. The Hall–Kier alpha value is -2.10. The maximum absolute atomic E-state index is 9.91. The highest BCUT2D eigenvalue weighted by Gasteiger charge is 2.09. The Morgan fingerprint density at radius 1 is 1.05 bits per heavy atom. The lowest BCUT2D eigenvalue weighted by Gasteiger charge is -2.15. The standard InChI is InChI=1S/C19H22O3/c1-15(2)12-21-13-17(20)14-22-19-11-7-6-10-18(19)16-8-4-3-5-9-16/h3-11,17,20H,1,12-14H2,2H3. The third kappa shape index (κ3) is 5.02. The third-order valence-electron chi connectivity index (χ3n) is 3.06. The number of aliphatic hydroxyl groups excluding tert-OH is 1. The molecular formula is C19H22O3. The van der Waals surface area contributed by atoms with Crippen LogP contribution in [-0.2, 0) is 4.74 Å². The fraction of sp³-hybridized carbons (Fsp3) is 0.263. The van der Waals surface area contributed by atoms with E-state index >= 15 is 0 Å². The van der Waals surface area contributed by atoms with Crippen LogP contribution in [0, 0.1) is 0 Å². The van der Waals surface area contributed by atoms with E-state index in [2.05, 4.69) is 6.58 Å². The van der Waals surface area contributed by atoms with E-state index in [1.54, 1.807) is 0 Å². The Morgan fingerprint density at radius 2 is 1.73 bits per heavy atom. The van der Waals surface area contributed by atoms with E-state index in [4.69, 9.17) is 9.47 Å². The zero-order chi connectivity index (χ0) is 15.8. The van der Waals surface area contributed by atoms with Crippen molar-refractivity contribution in [2.75, 3.05) is 19.8 Å². The Morgan fingerprint density at radius 3 is 2.45 bits per heavy atom. The largest absolute Gasteiger partial charge is 0.490 e. The van der Waals surface area contributed by atoms with Crippen molar-refractivity contribution in [1.29, 1.82) is 0 Å². The fourth-order valence-corrected chi connectivity index (χ4v) is 2.05. The number of rotatable bonds is 8. The normalized spacial score (nSPS) is 11.9. The predicted molar refractivity (Wildman–Crippen MR) is 89.0 cm³/mol. The van der Waals surface area contributed by atoms with Gasteiger partial charge in [-0.25, -0.2) is 0 Å². The van der Waals surface area contributed by atoms with E-state index in [1.165, 1.54) is 0 Å². The molecule has 0 spiro atoms. The molecule has 2 rings (SSSR count). The first kappa shape index (κ1) is 16.3. The molecule has 2 aromatic carbocycles. The maximum atomic E-state index is 9.91. The van der Waals surface area contributed by atoms with Gasteiger partial charge in [-0.15, -0.1) is 0 Å². The Balaban J connectivity index is 1.95. The number of para-hydroxylation sites is 1. The van der Waals surface area contributed by atoms with Gasteiger partial charge in [0, 0.05) is 5.56 Å². The molecule has 116 valence electrons. The number of aliphatic hydroxyl groups is 1. The molecule has 22 heavy (non-hydrogen) atoms. The van der Waals surface area contributed by atoms with Crippen molar-refractivity contribution in [2.45, 2.75) is 13.0 Å². The SMILES string of the molecule is C=C(C)COCC(O)COc1ccccc1-c1ccccc1. The summed E-state index contributed by atoms with van der Waals surface area (Å²) < 4.78 is 11.1. The molecule has 1 atom stereocenters. The van der Waals surface area contributed by atoms with E-state index in [0.29, 0.717) is 6.61 Å². The van der Waals surface area contributed by atoms with Crippen molar-refractivity contribution in [3.8, 4) is 16.9 Å². The molecule has 0 aromatic heterocycles. The summed E-state index contributed by atoms with van der Waals surface area (Å²) in [4.78, 5) is 0. The zero-order valence-corrected chi connectivity index (χ0v) is 12.9. The Kier molecular flexibility index (Phi) is 6.19. The third-order valence-corrected chi connectivity index (χ3v) is 3.06. The molecule has 0 saturated carbocycles. The molecule has 0 heterocycles. The number of hydrogen-bond donors (Lipinski definition) is 1. The molecule has 1 N–H and O–H groups in total. The van der Waals surface area contributed by atoms with Crippen LogP contribution in [0.25, 0.3) is 11.1 Å². The number of ether oxygens (including phenoxy) is 2. The molecule has 0 aliphatic heterocycles. The van der Waals surface area contributed by atoms with Crippen molar-refractivity contribution in [1.82, 2.24) is 0 Å². The highest BCUT2D eigenvalue weighted by atomic mass is 16.5. The molecule has 0 radical (unpaired) electrons. The molecule has 0 fully saturated rings. The van der Waals surface area contributed by atoms with Crippen LogP contribution in [0.1, 0.15) is 6.92 Å². The quantitative estimate of drug-likeness (QED) is 0.755. The van der Waals surface area contributed by atoms with Crippen LogP contribution >= 0.6 is 0 Å². The van der Waals surface area contributed by atoms with Crippen LogP contribution in [0.4, 0.5) is 0 Å². The van der Waals surface area contributed by atoms with E-state index in [0.717, 1.165) is 22.4 Å². The molecule has 3 nitrogen and oxygen atoms in total. The van der Waals surface area contributed by atoms with Crippen molar-refractivity contribution in [2.24, 2.45) is 0 Å². The van der Waals surface area contributed by atoms with Crippen LogP contribution < -0.4 is 4.74 Å². The summed E-state index contributed by atoms with van der Waals surface area (Å²) in [5, 5.41) is 9.91. The van der Waals surface area contributed by atoms with Gasteiger partial charge in [-0.05, 0) is 18.6 Å². The Labute approximate surface area is 131 Å². The molecule has 0 saturated heterocycles. The van der Waals surface area contributed by atoms with Gasteiger partial charge in [0.15, 0.2) is 0 Å². The van der Waals surface area contributed by atoms with Gasteiger partial charge < -0.3 is 14.6 Å². The molecule has 1 unspecified atom stereocenters. The summed E-state index contributed by atoms with van der Waals surface area (Å²) >= 11 is 0. The molecular weight excluding hydrogens is 276 g/mol. The molecule has 0 amide bonds. The topological polar surface area (TPSA) is 38.7 Å². The summed E-state index contributed by atoms with van der Waals surface area (Å²) in [7, 11) is 0. The minimum atomic E-state index is -0.664. The molecule has 0 aliphatic rings. The van der Waals surface area contributed by atoms with Crippen molar-refractivity contribution >= 4 is 0 Å². The second-order valence-corrected chi connectivity index (χ2v) is 5.30. The maximum Gasteiger partial charge on any atom is 0.127 e. The van der Waals surface area contributed by atoms with E-state index in [1.807, 2.05) is 61.5 Å². The van der Waals surface area contributed by atoms with Gasteiger partial charge in [-0.3, -0.25) is 0 Å². The number of benzene rings is 2. The Bertz CT molecular complexity index is 593. The highest BCUT2D eigenvalue weighted by Crippen LogP contribution is 2.29. The summed E-state index contributed by atoms with van der Waals surface area (Å²) in [5.74, 6) is 0.757. The van der Waals surface area contributed by atoms with E-state index in [9.17, 15) is 5.11 Å². The van der Waals surface area contributed by atoms with Crippen LogP contribution in [0.15, 0.2) is 66.7 Å². The summed E-state index contributed by atoms with van der Waals surface area (Å²) in [6, 6.07) is 17.9. The molecule has 0 aliphatic carbocycles. The minimum Gasteiger partial charge on any atom is -0.490 e. The summed E-state index contributed by atoms with van der Waals surface area (Å²) in [5.41, 5.74) is 3.03. The predicted octanol–water partition coefficient (Wildman–Crippen LogP) is 3.69. The molecule has 3 heteroatoms. The summed E-state index contributed by atoms with van der Waals surface area (Å²) in [6.45, 7) is 6.53. The van der Waals surface area contributed by atoms with E-state index in [-0.39, 0.29) is 13.2 Å². The van der Waals surface area contributed by atoms with Gasteiger partial charge >= 0.3 is 0 Å². The van der Waals surface area contributed by atoms with Gasteiger partial charge in [0.05, 0.1) is 13.2 Å². The highest BCUT2D eigenvalue weighted by molar-refractivity contribution is 5.70. The van der Waals surface area contributed by atoms with Crippen molar-refractivity contribution in [3.63, 3.8) is 0 Å².